The van der Waals surface area contributed by atoms with Crippen LogP contribution in [0, 0.1) is 17.0 Å². The molecule has 0 spiro atoms. The molecule has 0 aromatic carbocycles. The quantitative estimate of drug-likeness (QED) is 0.630. The molecule has 19 heavy (non-hydrogen) atoms. The van der Waals surface area contributed by atoms with Crippen LogP contribution in [0.15, 0.2) is 12.1 Å². The highest BCUT2D eigenvalue weighted by Crippen LogP contribution is 2.28. The zero-order valence-corrected chi connectivity index (χ0v) is 10.3. The number of carbonyl (C=O) groups is 1. The van der Waals surface area contributed by atoms with Crippen molar-refractivity contribution < 1.29 is 19.6 Å². The van der Waals surface area contributed by atoms with Crippen LogP contribution in [0.3, 0.4) is 0 Å². The average Bonchev–Trinajstić information content (AvgIpc) is 2.38. The molecular weight excluding hydrogens is 254 g/mol. The van der Waals surface area contributed by atoms with Gasteiger partial charge in [-0.1, -0.05) is 0 Å². The van der Waals surface area contributed by atoms with E-state index in [-0.39, 0.29) is 24.7 Å². The Morgan fingerprint density at radius 3 is 3.00 bits per heavy atom. The Bertz CT molecular complexity index is 519. The van der Waals surface area contributed by atoms with E-state index in [0.29, 0.717) is 12.3 Å². The molecule has 1 aliphatic heterocycles. The predicted octanol–water partition coefficient (Wildman–Crippen LogP) is 0.588. The van der Waals surface area contributed by atoms with Crippen LogP contribution in [0.1, 0.15) is 5.69 Å². The summed E-state index contributed by atoms with van der Waals surface area (Å²) in [6.45, 7) is 2.26. The molecule has 1 saturated heterocycles. The first-order chi connectivity index (χ1) is 9.00. The summed E-state index contributed by atoms with van der Waals surface area (Å²) in [6, 6.07) is 1.91. The molecule has 1 aliphatic rings. The molecule has 1 aromatic rings. The minimum atomic E-state index is -1.09. The first-order valence-electron chi connectivity index (χ1n) is 5.70. The number of nitrogens with zero attached hydrogens (tertiary/aromatic N) is 3. The summed E-state index contributed by atoms with van der Waals surface area (Å²) in [7, 11) is 0. The van der Waals surface area contributed by atoms with Crippen molar-refractivity contribution in [3.63, 3.8) is 0 Å². The highest BCUT2D eigenvalue weighted by molar-refractivity contribution is 5.79. The van der Waals surface area contributed by atoms with E-state index in [1.54, 1.807) is 6.92 Å². The summed E-state index contributed by atoms with van der Waals surface area (Å²) in [4.78, 5) is 27.2. The van der Waals surface area contributed by atoms with Crippen molar-refractivity contribution in [2.24, 2.45) is 0 Å². The molecule has 0 bridgehead atoms. The second-order valence-corrected chi connectivity index (χ2v) is 4.17. The minimum Gasteiger partial charge on any atom is -0.480 e. The molecule has 2 rings (SSSR count). The number of morpholine rings is 1. The number of rotatable bonds is 3. The van der Waals surface area contributed by atoms with Crippen LogP contribution in [0.4, 0.5) is 11.5 Å². The van der Waals surface area contributed by atoms with Gasteiger partial charge in [-0.05, 0) is 13.0 Å². The van der Waals surface area contributed by atoms with E-state index in [0.717, 1.165) is 0 Å². The molecule has 8 heteroatoms. The third-order valence-electron chi connectivity index (χ3n) is 2.88. The van der Waals surface area contributed by atoms with Gasteiger partial charge in [-0.25, -0.2) is 9.78 Å². The number of hydrogen-bond acceptors (Lipinski definition) is 6. The third kappa shape index (κ3) is 2.63. The summed E-state index contributed by atoms with van der Waals surface area (Å²) in [6.07, 6.45) is 0. The van der Waals surface area contributed by atoms with Crippen LogP contribution in [0.2, 0.25) is 0 Å². The fourth-order valence-electron chi connectivity index (χ4n) is 1.95. The number of anilines is 1. The number of hydrogen-bond donors (Lipinski definition) is 1. The molecule has 2 heterocycles. The summed E-state index contributed by atoms with van der Waals surface area (Å²) < 4.78 is 5.11. The maximum atomic E-state index is 11.2. The van der Waals surface area contributed by atoms with Crippen molar-refractivity contribution in [3.8, 4) is 0 Å². The maximum Gasteiger partial charge on any atom is 0.328 e. The zero-order chi connectivity index (χ0) is 14.0. The van der Waals surface area contributed by atoms with Crippen molar-refractivity contribution in [2.75, 3.05) is 24.7 Å². The smallest absolute Gasteiger partial charge is 0.328 e. The van der Waals surface area contributed by atoms with Gasteiger partial charge in [0.1, 0.15) is 0 Å². The Labute approximate surface area is 108 Å². The van der Waals surface area contributed by atoms with Crippen LogP contribution in [-0.4, -0.2) is 46.8 Å². The van der Waals surface area contributed by atoms with Crippen LogP contribution in [0.5, 0.6) is 0 Å². The van der Waals surface area contributed by atoms with Crippen molar-refractivity contribution >= 4 is 17.5 Å². The van der Waals surface area contributed by atoms with Crippen LogP contribution < -0.4 is 4.90 Å². The molecule has 1 fully saturated rings. The molecule has 0 amide bonds. The van der Waals surface area contributed by atoms with Gasteiger partial charge in [0.2, 0.25) is 5.82 Å². The van der Waals surface area contributed by atoms with E-state index < -0.39 is 16.9 Å². The van der Waals surface area contributed by atoms with Gasteiger partial charge in [0, 0.05) is 18.3 Å². The van der Waals surface area contributed by atoms with E-state index in [2.05, 4.69) is 4.98 Å². The Morgan fingerprint density at radius 2 is 2.37 bits per heavy atom. The van der Waals surface area contributed by atoms with Gasteiger partial charge in [0.15, 0.2) is 6.04 Å². The molecule has 1 atom stereocenters. The van der Waals surface area contributed by atoms with Gasteiger partial charge in [-0.3, -0.25) is 10.1 Å². The summed E-state index contributed by atoms with van der Waals surface area (Å²) >= 11 is 0. The molecular formula is C11H13N3O5. The van der Waals surface area contributed by atoms with E-state index >= 15 is 0 Å². The van der Waals surface area contributed by atoms with Crippen molar-refractivity contribution in [3.05, 3.63) is 27.9 Å². The highest BCUT2D eigenvalue weighted by atomic mass is 16.6. The van der Waals surface area contributed by atoms with Gasteiger partial charge in [-0.2, -0.15) is 0 Å². The predicted molar refractivity (Wildman–Crippen MR) is 65.2 cm³/mol. The Hall–Kier alpha value is -2.22. The summed E-state index contributed by atoms with van der Waals surface area (Å²) in [5.74, 6) is -1.00. The number of aromatic nitrogens is 1. The standard InChI is InChI=1S/C11H13N3O5/c1-7-2-3-8(14(17)18)10(12-7)13-4-5-19-6-9(13)11(15)16/h2-3,9H,4-6H2,1H3,(H,15,16). The van der Waals surface area contributed by atoms with Crippen molar-refractivity contribution in [1.82, 2.24) is 4.98 Å². The molecule has 0 saturated carbocycles. The maximum absolute atomic E-state index is 11.2. The van der Waals surface area contributed by atoms with Crippen molar-refractivity contribution in [2.45, 2.75) is 13.0 Å². The van der Waals surface area contributed by atoms with E-state index in [1.807, 2.05) is 0 Å². The molecule has 0 aliphatic carbocycles. The number of ether oxygens (including phenoxy) is 1. The molecule has 102 valence electrons. The second kappa shape index (κ2) is 5.19. The lowest BCUT2D eigenvalue weighted by atomic mass is 10.2. The van der Waals surface area contributed by atoms with Gasteiger partial charge in [-0.15, -0.1) is 0 Å². The second-order valence-electron chi connectivity index (χ2n) is 4.17. The van der Waals surface area contributed by atoms with Gasteiger partial charge >= 0.3 is 11.7 Å². The number of pyridine rings is 1. The average molecular weight is 267 g/mol. The molecule has 1 N–H and O–H groups in total. The lowest BCUT2D eigenvalue weighted by Crippen LogP contribution is -2.50. The van der Waals surface area contributed by atoms with E-state index in [9.17, 15) is 14.9 Å². The molecule has 8 nitrogen and oxygen atoms in total. The molecule has 1 unspecified atom stereocenters. The Balaban J connectivity index is 2.46. The first kappa shape index (κ1) is 13.2. The number of aryl methyl sites for hydroxylation is 1. The highest BCUT2D eigenvalue weighted by Gasteiger charge is 2.34. The molecule has 1 aromatic heterocycles. The van der Waals surface area contributed by atoms with Gasteiger partial charge in [0.25, 0.3) is 0 Å². The zero-order valence-electron chi connectivity index (χ0n) is 10.3. The van der Waals surface area contributed by atoms with E-state index in [1.165, 1.54) is 17.0 Å². The van der Waals surface area contributed by atoms with Gasteiger partial charge in [0.05, 0.1) is 18.1 Å². The monoisotopic (exact) mass is 267 g/mol. The summed E-state index contributed by atoms with van der Waals surface area (Å²) in [5.41, 5.74) is 0.398. The Morgan fingerprint density at radius 1 is 1.63 bits per heavy atom. The van der Waals surface area contributed by atoms with Gasteiger partial charge < -0.3 is 14.7 Å². The van der Waals surface area contributed by atoms with Crippen LogP contribution in [-0.2, 0) is 9.53 Å². The summed E-state index contributed by atoms with van der Waals surface area (Å²) in [5, 5.41) is 20.2. The Kier molecular flexibility index (Phi) is 3.61. The number of nitro groups is 1. The topological polar surface area (TPSA) is 106 Å². The lowest BCUT2D eigenvalue weighted by Gasteiger charge is -2.33. The fourth-order valence-corrected chi connectivity index (χ4v) is 1.95. The number of carboxylic acids is 1. The lowest BCUT2D eigenvalue weighted by molar-refractivity contribution is -0.384. The fraction of sp³-hybridized carbons (Fsp3) is 0.455. The third-order valence-corrected chi connectivity index (χ3v) is 2.88. The first-order valence-corrected chi connectivity index (χ1v) is 5.70. The largest absolute Gasteiger partial charge is 0.480 e. The van der Waals surface area contributed by atoms with Crippen LogP contribution >= 0.6 is 0 Å². The van der Waals surface area contributed by atoms with Crippen molar-refractivity contribution in [1.29, 1.82) is 0 Å². The number of aliphatic carboxylic acids is 1. The van der Waals surface area contributed by atoms with E-state index in [4.69, 9.17) is 9.84 Å². The minimum absolute atomic E-state index is 0.0118. The normalized spacial score (nSPS) is 19.2. The SMILES string of the molecule is Cc1ccc([N+](=O)[O-])c(N2CCOCC2C(=O)O)n1. The van der Waals surface area contributed by atoms with Crippen LogP contribution in [0.25, 0.3) is 0 Å². The number of carboxylic acid groups (broad SMARTS) is 1. The molecule has 0 radical (unpaired) electrons.